The minimum Gasteiger partial charge on any atom is -0.465 e. The number of Topliss-reactive ketones (excluding diaryl/α,β-unsaturated/α-hetero) is 2. The number of benzene rings is 1. The molecular weight excluding hydrogens is 424 g/mol. The Balaban J connectivity index is 1.72. The van der Waals surface area contributed by atoms with Gasteiger partial charge in [0.25, 0.3) is 0 Å². The van der Waals surface area contributed by atoms with Crippen molar-refractivity contribution in [2.24, 2.45) is 11.8 Å². The first-order valence-electron chi connectivity index (χ1n) is 13.8. The van der Waals surface area contributed by atoms with Crippen molar-refractivity contribution in [3.63, 3.8) is 0 Å². The normalized spacial score (nSPS) is 18.7. The van der Waals surface area contributed by atoms with Crippen molar-refractivity contribution >= 4 is 17.5 Å². The lowest BCUT2D eigenvalue weighted by molar-refractivity contribution is -0.148. The number of carbonyl (C=O) groups excluding carboxylic acids is 3. The molecule has 0 radical (unpaired) electrons. The first-order valence-corrected chi connectivity index (χ1v) is 13.8. The molecule has 1 aromatic carbocycles. The zero-order chi connectivity index (χ0) is 24.6. The summed E-state index contributed by atoms with van der Waals surface area (Å²) in [5, 5.41) is 0. The predicted molar refractivity (Wildman–Crippen MR) is 138 cm³/mol. The third-order valence-corrected chi connectivity index (χ3v) is 7.34. The molecule has 0 N–H and O–H groups in total. The van der Waals surface area contributed by atoms with E-state index in [4.69, 9.17) is 4.74 Å². The number of rotatable bonds is 18. The number of hydrogen-bond acceptors (Lipinski definition) is 4. The highest BCUT2D eigenvalue weighted by atomic mass is 16.5. The van der Waals surface area contributed by atoms with Crippen LogP contribution in [0, 0.1) is 11.8 Å². The zero-order valence-electron chi connectivity index (χ0n) is 21.6. The second-order valence-electron chi connectivity index (χ2n) is 9.94. The van der Waals surface area contributed by atoms with Crippen molar-refractivity contribution in [1.82, 2.24) is 0 Å². The minimum absolute atomic E-state index is 0.0853. The van der Waals surface area contributed by atoms with Gasteiger partial charge >= 0.3 is 5.97 Å². The number of hydrogen-bond donors (Lipinski definition) is 0. The summed E-state index contributed by atoms with van der Waals surface area (Å²) in [6.45, 7) is 4.27. The fraction of sp³-hybridized carbons (Fsp3) is 0.700. The van der Waals surface area contributed by atoms with Crippen LogP contribution in [0.15, 0.2) is 30.3 Å². The highest BCUT2D eigenvalue weighted by Gasteiger charge is 2.34. The second kappa shape index (κ2) is 16.6. The monoisotopic (exact) mass is 470 g/mol. The molecule has 0 saturated heterocycles. The Kier molecular flexibility index (Phi) is 13.8. The maximum absolute atomic E-state index is 12.9. The van der Waals surface area contributed by atoms with Crippen LogP contribution in [0.25, 0.3) is 0 Å². The number of ether oxygens (including phenoxy) is 1. The Hall–Kier alpha value is -1.97. The SMILES string of the molecule is CCCCCCCCCC[C@H]1CCC(=O)[C@@H]1CCCCC(=O)C(C(=O)OCC)c1ccccc1. The van der Waals surface area contributed by atoms with E-state index in [1.165, 1.54) is 57.8 Å². The molecule has 0 spiro atoms. The van der Waals surface area contributed by atoms with Crippen LogP contribution in [0.2, 0.25) is 0 Å². The molecule has 1 aromatic rings. The number of esters is 1. The molecular formula is C30H46O4. The van der Waals surface area contributed by atoms with Gasteiger partial charge in [-0.25, -0.2) is 0 Å². The Bertz CT molecular complexity index is 727. The van der Waals surface area contributed by atoms with E-state index in [0.29, 0.717) is 23.7 Å². The number of unbranched alkanes of at least 4 members (excludes halogenated alkanes) is 8. The van der Waals surface area contributed by atoms with Crippen LogP contribution in [0.5, 0.6) is 0 Å². The lowest BCUT2D eigenvalue weighted by Crippen LogP contribution is -2.24. The van der Waals surface area contributed by atoms with E-state index in [-0.39, 0.29) is 18.3 Å². The average molecular weight is 471 g/mol. The second-order valence-corrected chi connectivity index (χ2v) is 9.94. The van der Waals surface area contributed by atoms with Crippen molar-refractivity contribution in [3.05, 3.63) is 35.9 Å². The molecule has 34 heavy (non-hydrogen) atoms. The standard InChI is InChI=1S/C30H46O4/c1-3-5-6-7-8-9-10-12-17-24-22-23-27(31)26(24)20-15-16-21-28(32)29(30(33)34-4-2)25-18-13-11-14-19-25/h11,13-14,18-19,24,26,29H,3-10,12,15-17,20-23H2,1-2H3/t24-,26+,29?/m0/s1. The van der Waals surface area contributed by atoms with Crippen molar-refractivity contribution in [1.29, 1.82) is 0 Å². The van der Waals surface area contributed by atoms with Crippen LogP contribution in [0.1, 0.15) is 122 Å². The van der Waals surface area contributed by atoms with Gasteiger partial charge in [-0.1, -0.05) is 95.0 Å². The van der Waals surface area contributed by atoms with Gasteiger partial charge in [0.2, 0.25) is 0 Å². The van der Waals surface area contributed by atoms with Gasteiger partial charge in [-0.05, 0) is 44.1 Å². The predicted octanol–water partition coefficient (Wildman–Crippen LogP) is 7.59. The molecule has 1 unspecified atom stereocenters. The lowest BCUT2D eigenvalue weighted by atomic mass is 9.85. The topological polar surface area (TPSA) is 60.4 Å². The molecule has 1 aliphatic carbocycles. The molecule has 4 heteroatoms. The van der Waals surface area contributed by atoms with Gasteiger partial charge in [0.1, 0.15) is 11.7 Å². The van der Waals surface area contributed by atoms with E-state index < -0.39 is 11.9 Å². The highest BCUT2D eigenvalue weighted by molar-refractivity contribution is 6.04. The van der Waals surface area contributed by atoms with E-state index in [0.717, 1.165) is 32.1 Å². The maximum atomic E-state index is 12.9. The van der Waals surface area contributed by atoms with Crippen LogP contribution in [0.3, 0.4) is 0 Å². The zero-order valence-corrected chi connectivity index (χ0v) is 21.6. The molecule has 1 saturated carbocycles. The van der Waals surface area contributed by atoms with Crippen LogP contribution in [-0.4, -0.2) is 24.1 Å². The summed E-state index contributed by atoms with van der Waals surface area (Å²) < 4.78 is 5.17. The molecule has 0 amide bonds. The third kappa shape index (κ3) is 9.72. The summed E-state index contributed by atoms with van der Waals surface area (Å²) in [5.74, 6) is -0.268. The number of carbonyl (C=O) groups is 3. The van der Waals surface area contributed by atoms with Crippen molar-refractivity contribution in [3.8, 4) is 0 Å². The smallest absolute Gasteiger partial charge is 0.321 e. The average Bonchev–Trinajstić information content (AvgIpc) is 3.18. The molecule has 0 aromatic heterocycles. The molecule has 0 aliphatic heterocycles. The lowest BCUT2D eigenvalue weighted by Gasteiger charge is -2.19. The summed E-state index contributed by atoms with van der Waals surface area (Å²) >= 11 is 0. The number of ketones is 2. The molecule has 3 atom stereocenters. The van der Waals surface area contributed by atoms with E-state index in [1.54, 1.807) is 6.92 Å². The molecule has 2 rings (SSSR count). The highest BCUT2D eigenvalue weighted by Crippen LogP contribution is 2.36. The quantitative estimate of drug-likeness (QED) is 0.126. The van der Waals surface area contributed by atoms with Crippen molar-refractivity contribution < 1.29 is 19.1 Å². The Morgan fingerprint density at radius 3 is 2.21 bits per heavy atom. The van der Waals surface area contributed by atoms with Gasteiger partial charge in [-0.15, -0.1) is 0 Å². The minimum atomic E-state index is -0.844. The van der Waals surface area contributed by atoms with Gasteiger partial charge in [-0.2, -0.15) is 0 Å². The first-order chi connectivity index (χ1) is 16.6. The molecule has 190 valence electrons. The van der Waals surface area contributed by atoms with E-state index in [2.05, 4.69) is 6.92 Å². The van der Waals surface area contributed by atoms with E-state index in [9.17, 15) is 14.4 Å². The van der Waals surface area contributed by atoms with Gasteiger partial charge in [0.05, 0.1) is 6.61 Å². The van der Waals surface area contributed by atoms with Gasteiger partial charge in [0, 0.05) is 18.8 Å². The van der Waals surface area contributed by atoms with Gasteiger partial charge < -0.3 is 4.74 Å². The fourth-order valence-electron chi connectivity index (χ4n) is 5.39. The van der Waals surface area contributed by atoms with Crippen molar-refractivity contribution in [2.45, 2.75) is 116 Å². The summed E-state index contributed by atoms with van der Waals surface area (Å²) in [6, 6.07) is 9.18. The summed E-state index contributed by atoms with van der Waals surface area (Å²) in [6.07, 6.45) is 16.3. The summed E-state index contributed by atoms with van der Waals surface area (Å²) in [5.41, 5.74) is 0.697. The summed E-state index contributed by atoms with van der Waals surface area (Å²) in [7, 11) is 0. The third-order valence-electron chi connectivity index (χ3n) is 7.34. The first kappa shape index (κ1) is 28.3. The van der Waals surface area contributed by atoms with Crippen LogP contribution in [-0.2, 0) is 19.1 Å². The largest absolute Gasteiger partial charge is 0.465 e. The van der Waals surface area contributed by atoms with Crippen molar-refractivity contribution in [2.75, 3.05) is 6.61 Å². The Morgan fingerprint density at radius 1 is 0.882 bits per heavy atom. The summed E-state index contributed by atoms with van der Waals surface area (Å²) in [4.78, 5) is 37.8. The fourth-order valence-corrected chi connectivity index (χ4v) is 5.39. The molecule has 0 bridgehead atoms. The van der Waals surface area contributed by atoms with Crippen LogP contribution < -0.4 is 0 Å². The van der Waals surface area contributed by atoms with Crippen LogP contribution >= 0.6 is 0 Å². The van der Waals surface area contributed by atoms with E-state index >= 15 is 0 Å². The molecule has 1 fully saturated rings. The van der Waals surface area contributed by atoms with E-state index in [1.807, 2.05) is 30.3 Å². The van der Waals surface area contributed by atoms with Crippen LogP contribution in [0.4, 0.5) is 0 Å². The molecule has 1 aliphatic rings. The molecule has 0 heterocycles. The molecule has 4 nitrogen and oxygen atoms in total. The Labute approximate surface area is 207 Å². The van der Waals surface area contributed by atoms with Gasteiger partial charge in [-0.3, -0.25) is 14.4 Å². The Morgan fingerprint density at radius 2 is 1.53 bits per heavy atom. The van der Waals surface area contributed by atoms with Gasteiger partial charge in [0.15, 0.2) is 5.78 Å². The maximum Gasteiger partial charge on any atom is 0.321 e.